The summed E-state index contributed by atoms with van der Waals surface area (Å²) in [5, 5.41) is 0. The van der Waals surface area contributed by atoms with Gasteiger partial charge in [0, 0.05) is 12.1 Å². The third kappa shape index (κ3) is 4.37. The molecule has 0 aliphatic rings. The molecule has 0 unspecified atom stereocenters. The molecule has 0 aromatic heterocycles. The zero-order chi connectivity index (χ0) is 28.1. The second kappa shape index (κ2) is 8.60. The van der Waals surface area contributed by atoms with Crippen molar-refractivity contribution >= 4 is 5.91 Å². The first-order valence-corrected chi connectivity index (χ1v) is 8.19. The predicted molar refractivity (Wildman–Crippen MR) is 77.8 cm³/mol. The lowest BCUT2D eigenvalue weighted by atomic mass is 9.89. The van der Waals surface area contributed by atoms with Crippen LogP contribution in [0.2, 0.25) is 0 Å². The molecule has 0 fully saturated rings. The van der Waals surface area contributed by atoms with Gasteiger partial charge in [0.2, 0.25) is 5.91 Å². The Kier molecular flexibility index (Phi) is 8.10. The molecule has 0 atom stereocenters. The Morgan fingerprint density at radius 2 is 0.912 bits per heavy atom. The van der Waals surface area contributed by atoms with Crippen LogP contribution in [0.5, 0.6) is 0 Å². The smallest absolute Gasteiger partial charge is 0.333 e. The molecule has 0 spiro atoms. The minimum absolute atomic E-state index is 0.435. The molecular weight excluding hydrogens is 533 g/mol. The predicted octanol–water partition coefficient (Wildman–Crippen LogP) is 6.42. The number of carbonyl (C=O) groups excluding carboxylic acids is 1. The van der Waals surface area contributed by atoms with Gasteiger partial charge < -0.3 is 4.90 Å². The van der Waals surface area contributed by atoms with Gasteiger partial charge >= 0.3 is 47.6 Å². The van der Waals surface area contributed by atoms with Crippen molar-refractivity contribution in [2.45, 2.75) is 61.5 Å². The van der Waals surface area contributed by atoms with Crippen LogP contribution < -0.4 is 0 Å². The lowest BCUT2D eigenvalue weighted by Gasteiger charge is -2.43. The van der Waals surface area contributed by atoms with Gasteiger partial charge in [-0.1, -0.05) is 6.58 Å². The van der Waals surface area contributed by atoms with Crippen LogP contribution in [0.1, 0.15) is 13.8 Å². The summed E-state index contributed by atoms with van der Waals surface area (Å²) in [5.41, 5.74) is -0.710. The second-order valence-electron chi connectivity index (χ2n) is 6.75. The standard InChI is InChI=1S/C15H12F17NO/c1-4-33(7(34)6(2)3)5-8(16,17)9(18,19)10(20,21)11(22,23)12(24,25)13(26,27)14(28,29)15(30,31)32/h2,4-5H2,1,3H3. The maximum Gasteiger partial charge on any atom is 0.460 e. The van der Waals surface area contributed by atoms with Gasteiger partial charge in [0.15, 0.2) is 0 Å². The van der Waals surface area contributed by atoms with E-state index in [9.17, 15) is 79.4 Å². The molecule has 19 heteroatoms. The monoisotopic (exact) mass is 545 g/mol. The Bertz CT molecular complexity index is 782. The van der Waals surface area contributed by atoms with Crippen LogP contribution in [0.25, 0.3) is 0 Å². The third-order valence-corrected chi connectivity index (χ3v) is 4.21. The Hall–Kier alpha value is -1.98. The van der Waals surface area contributed by atoms with Crippen molar-refractivity contribution in [3.63, 3.8) is 0 Å². The number of likely N-dealkylation sites (N-methyl/N-ethyl adjacent to an activating group) is 1. The highest BCUT2D eigenvalue weighted by Gasteiger charge is 2.95. The van der Waals surface area contributed by atoms with Gasteiger partial charge in [0.25, 0.3) is 0 Å². The lowest BCUT2D eigenvalue weighted by molar-refractivity contribution is -0.461. The summed E-state index contributed by atoms with van der Waals surface area (Å²) < 4.78 is 224. The first kappa shape index (κ1) is 32.0. The number of hydrogen-bond donors (Lipinski definition) is 0. The maximum atomic E-state index is 13.8. The molecule has 0 aromatic rings. The van der Waals surface area contributed by atoms with Gasteiger partial charge in [-0.25, -0.2) is 0 Å². The van der Waals surface area contributed by atoms with E-state index in [0.29, 0.717) is 0 Å². The number of hydrogen-bond acceptors (Lipinski definition) is 1. The van der Waals surface area contributed by atoms with Crippen molar-refractivity contribution in [1.29, 1.82) is 0 Å². The molecule has 0 N–H and O–H groups in total. The molecule has 0 bridgehead atoms. The van der Waals surface area contributed by atoms with Crippen LogP contribution in [0.15, 0.2) is 12.2 Å². The molecular formula is C15H12F17NO. The zero-order valence-electron chi connectivity index (χ0n) is 16.4. The molecule has 34 heavy (non-hydrogen) atoms. The van der Waals surface area contributed by atoms with Gasteiger partial charge in [0.1, 0.15) is 0 Å². The van der Waals surface area contributed by atoms with Crippen LogP contribution in [-0.4, -0.2) is 71.5 Å². The first-order chi connectivity index (χ1) is 14.5. The Morgan fingerprint density at radius 1 is 0.618 bits per heavy atom. The minimum Gasteiger partial charge on any atom is -0.333 e. The van der Waals surface area contributed by atoms with Crippen LogP contribution in [0.3, 0.4) is 0 Å². The highest BCUT2D eigenvalue weighted by molar-refractivity contribution is 5.92. The van der Waals surface area contributed by atoms with E-state index in [1.165, 1.54) is 0 Å². The Morgan fingerprint density at radius 3 is 1.18 bits per heavy atom. The number of nitrogens with zero attached hydrogens (tertiary/aromatic N) is 1. The normalized spacial score (nSPS) is 15.4. The van der Waals surface area contributed by atoms with Gasteiger partial charge in [-0.15, -0.1) is 0 Å². The molecule has 1 amide bonds. The van der Waals surface area contributed by atoms with E-state index >= 15 is 0 Å². The zero-order valence-corrected chi connectivity index (χ0v) is 16.4. The summed E-state index contributed by atoms with van der Waals surface area (Å²) in [7, 11) is 0. The van der Waals surface area contributed by atoms with E-state index < -0.39 is 77.1 Å². The second-order valence-corrected chi connectivity index (χ2v) is 6.75. The van der Waals surface area contributed by atoms with Crippen molar-refractivity contribution < 1.29 is 79.4 Å². The van der Waals surface area contributed by atoms with Crippen molar-refractivity contribution in [2.24, 2.45) is 0 Å². The molecule has 0 aliphatic carbocycles. The summed E-state index contributed by atoms with van der Waals surface area (Å²) in [5.74, 6) is -58.6. The fourth-order valence-corrected chi connectivity index (χ4v) is 2.13. The Balaban J connectivity index is 6.71. The highest BCUT2D eigenvalue weighted by Crippen LogP contribution is 2.63. The van der Waals surface area contributed by atoms with Crippen LogP contribution >= 0.6 is 0 Å². The maximum absolute atomic E-state index is 13.8. The third-order valence-electron chi connectivity index (χ3n) is 4.21. The largest absolute Gasteiger partial charge is 0.460 e. The minimum atomic E-state index is -8.68. The fraction of sp³-hybridized carbons (Fsp3) is 0.800. The SMILES string of the molecule is C=C(C)C(=O)N(CC)CC(F)(F)C(F)(F)C(F)(F)C(F)(F)C(F)(F)C(F)(F)C(F)(F)C(F)(F)F. The van der Waals surface area contributed by atoms with Crippen LogP contribution in [0, 0.1) is 0 Å². The van der Waals surface area contributed by atoms with Crippen LogP contribution in [-0.2, 0) is 4.79 Å². The van der Waals surface area contributed by atoms with E-state index in [4.69, 9.17) is 0 Å². The van der Waals surface area contributed by atoms with E-state index in [-0.39, 0.29) is 0 Å². The highest BCUT2D eigenvalue weighted by atomic mass is 19.4. The molecule has 0 radical (unpaired) electrons. The summed E-state index contributed by atoms with van der Waals surface area (Å²) in [6.07, 6.45) is -7.80. The van der Waals surface area contributed by atoms with Gasteiger partial charge in [-0.2, -0.15) is 74.6 Å². The Labute approximate surface area is 178 Å². The molecule has 0 heterocycles. The van der Waals surface area contributed by atoms with Crippen LogP contribution in [0.4, 0.5) is 74.6 Å². The number of alkyl halides is 17. The molecule has 0 aliphatic heterocycles. The summed E-state index contributed by atoms with van der Waals surface area (Å²) in [6, 6.07) is 0. The molecule has 202 valence electrons. The number of rotatable bonds is 10. The average molecular weight is 545 g/mol. The molecule has 0 rings (SSSR count). The molecule has 0 aromatic carbocycles. The quantitative estimate of drug-likeness (QED) is 0.229. The van der Waals surface area contributed by atoms with E-state index in [1.807, 2.05) is 0 Å². The summed E-state index contributed by atoms with van der Waals surface area (Å²) in [4.78, 5) is 11.1. The van der Waals surface area contributed by atoms with Gasteiger partial charge in [-0.05, 0) is 13.8 Å². The van der Waals surface area contributed by atoms with Crippen molar-refractivity contribution in [1.82, 2.24) is 4.90 Å². The van der Waals surface area contributed by atoms with Gasteiger partial charge in [-0.3, -0.25) is 4.79 Å². The van der Waals surface area contributed by atoms with Crippen molar-refractivity contribution in [3.8, 4) is 0 Å². The summed E-state index contributed by atoms with van der Waals surface area (Å²) in [6.45, 7) is 0.414. The average Bonchev–Trinajstić information content (AvgIpc) is 2.63. The lowest BCUT2D eigenvalue weighted by Crippen LogP contribution is -2.75. The van der Waals surface area contributed by atoms with Crippen molar-refractivity contribution in [3.05, 3.63) is 12.2 Å². The fourth-order valence-electron chi connectivity index (χ4n) is 2.13. The topological polar surface area (TPSA) is 20.3 Å². The van der Waals surface area contributed by atoms with E-state index in [1.54, 1.807) is 0 Å². The number of amides is 1. The van der Waals surface area contributed by atoms with Crippen molar-refractivity contribution in [2.75, 3.05) is 13.1 Å². The number of carbonyl (C=O) groups is 1. The molecule has 0 saturated carbocycles. The summed E-state index contributed by atoms with van der Waals surface area (Å²) >= 11 is 0. The van der Waals surface area contributed by atoms with E-state index in [2.05, 4.69) is 6.58 Å². The number of halogens is 17. The molecule has 0 saturated heterocycles. The van der Waals surface area contributed by atoms with E-state index in [0.717, 1.165) is 13.8 Å². The molecule has 2 nitrogen and oxygen atoms in total. The first-order valence-electron chi connectivity index (χ1n) is 8.19. The van der Waals surface area contributed by atoms with Gasteiger partial charge in [0.05, 0.1) is 6.54 Å².